The molecule has 1 saturated heterocycles. The van der Waals surface area contributed by atoms with Gasteiger partial charge in [0, 0.05) is 12.0 Å². The van der Waals surface area contributed by atoms with Crippen LogP contribution in [-0.2, 0) is 20.7 Å². The second-order valence-corrected chi connectivity index (χ2v) is 9.90. The van der Waals surface area contributed by atoms with Crippen molar-refractivity contribution in [2.75, 3.05) is 48.8 Å². The van der Waals surface area contributed by atoms with Gasteiger partial charge in [-0.1, -0.05) is 6.07 Å². The Morgan fingerprint density at radius 2 is 1.37 bits per heavy atom. The van der Waals surface area contributed by atoms with E-state index in [1.54, 1.807) is 42.5 Å². The summed E-state index contributed by atoms with van der Waals surface area (Å²) in [4.78, 5) is 12.8. The number of aromatic hydroxyl groups is 3. The average Bonchev–Trinajstić information content (AvgIpc) is 3.42. The van der Waals surface area contributed by atoms with Gasteiger partial charge in [-0.3, -0.25) is 0 Å². The Morgan fingerprint density at radius 1 is 0.814 bits per heavy atom. The standard InChI is InChI=1S/C32H36O11/c1-37-24-11-18(6-8-23(24)33)7-9-29(34)42-17-22-21(10-19-12-25(38-2)30(35)26(13-19)39-3)16-43-32(22)20-14-27(40-4)31(36)28(15-20)41-5/h6-9,11-15,21-22,32-33,35-36H,10,16-17H2,1-5H3/b9-7-/t21-,22-,32+/m0/s1. The predicted molar refractivity (Wildman–Crippen MR) is 156 cm³/mol. The Balaban J connectivity index is 1.60. The van der Waals surface area contributed by atoms with Crippen LogP contribution >= 0.6 is 0 Å². The van der Waals surface area contributed by atoms with Crippen molar-refractivity contribution >= 4 is 12.0 Å². The molecule has 1 heterocycles. The number of benzene rings is 3. The van der Waals surface area contributed by atoms with Gasteiger partial charge >= 0.3 is 5.97 Å². The summed E-state index contributed by atoms with van der Waals surface area (Å²) in [7, 11) is 7.25. The normalized spacial score (nSPS) is 17.9. The quantitative estimate of drug-likeness (QED) is 0.199. The number of esters is 1. The maximum absolute atomic E-state index is 12.8. The zero-order chi connectivity index (χ0) is 31.1. The first kappa shape index (κ1) is 31.2. The van der Waals surface area contributed by atoms with Crippen molar-refractivity contribution in [3.63, 3.8) is 0 Å². The zero-order valence-corrected chi connectivity index (χ0v) is 24.7. The molecule has 11 nitrogen and oxygen atoms in total. The van der Waals surface area contributed by atoms with Gasteiger partial charge in [0.05, 0.1) is 54.9 Å². The fourth-order valence-electron chi connectivity index (χ4n) is 5.13. The van der Waals surface area contributed by atoms with Crippen molar-refractivity contribution in [3.05, 3.63) is 65.2 Å². The summed E-state index contributed by atoms with van der Waals surface area (Å²) in [5.74, 6) is 0.0440. The highest BCUT2D eigenvalue weighted by Gasteiger charge is 2.40. The molecule has 4 rings (SSSR count). The third-order valence-electron chi connectivity index (χ3n) is 7.39. The van der Waals surface area contributed by atoms with E-state index in [4.69, 9.17) is 33.2 Å². The predicted octanol–water partition coefficient (Wildman–Crippen LogP) is 4.65. The molecule has 0 aromatic heterocycles. The van der Waals surface area contributed by atoms with Crippen LogP contribution < -0.4 is 23.7 Å². The molecule has 0 unspecified atom stereocenters. The number of hydrogen-bond acceptors (Lipinski definition) is 11. The summed E-state index contributed by atoms with van der Waals surface area (Å²) in [6, 6.07) is 11.5. The number of rotatable bonds is 12. The summed E-state index contributed by atoms with van der Waals surface area (Å²) in [5.41, 5.74) is 2.16. The maximum atomic E-state index is 12.8. The third-order valence-corrected chi connectivity index (χ3v) is 7.39. The van der Waals surface area contributed by atoms with Crippen molar-refractivity contribution in [1.82, 2.24) is 0 Å². The van der Waals surface area contributed by atoms with Crippen LogP contribution in [0.3, 0.4) is 0 Å². The number of methoxy groups -OCH3 is 5. The molecular formula is C32H36O11. The minimum atomic E-state index is -0.565. The number of carbonyl (C=O) groups excluding carboxylic acids is 1. The maximum Gasteiger partial charge on any atom is 0.330 e. The second-order valence-electron chi connectivity index (χ2n) is 9.90. The van der Waals surface area contributed by atoms with Crippen LogP contribution in [0.25, 0.3) is 6.08 Å². The fraction of sp³-hybridized carbons (Fsp3) is 0.344. The van der Waals surface area contributed by atoms with E-state index in [1.807, 2.05) is 0 Å². The minimum Gasteiger partial charge on any atom is -0.504 e. The molecule has 3 aromatic carbocycles. The van der Waals surface area contributed by atoms with E-state index in [0.717, 1.165) is 5.56 Å². The lowest BCUT2D eigenvalue weighted by Gasteiger charge is -2.24. The molecule has 230 valence electrons. The molecule has 0 saturated carbocycles. The lowest BCUT2D eigenvalue weighted by Crippen LogP contribution is -2.24. The van der Waals surface area contributed by atoms with Gasteiger partial charge < -0.3 is 48.5 Å². The Kier molecular flexibility index (Phi) is 10.1. The topological polar surface area (TPSA) is 142 Å². The third kappa shape index (κ3) is 7.00. The number of hydrogen-bond donors (Lipinski definition) is 3. The smallest absolute Gasteiger partial charge is 0.330 e. The van der Waals surface area contributed by atoms with Crippen LogP contribution in [-0.4, -0.2) is 70.1 Å². The van der Waals surface area contributed by atoms with Crippen molar-refractivity contribution in [2.24, 2.45) is 11.8 Å². The van der Waals surface area contributed by atoms with Crippen LogP contribution in [0.4, 0.5) is 0 Å². The molecule has 3 aromatic rings. The van der Waals surface area contributed by atoms with E-state index in [1.165, 1.54) is 47.7 Å². The Morgan fingerprint density at radius 3 is 1.93 bits per heavy atom. The van der Waals surface area contributed by atoms with Gasteiger partial charge in [0.15, 0.2) is 34.5 Å². The van der Waals surface area contributed by atoms with Crippen molar-refractivity contribution in [2.45, 2.75) is 12.5 Å². The lowest BCUT2D eigenvalue weighted by atomic mass is 9.84. The monoisotopic (exact) mass is 596 g/mol. The van der Waals surface area contributed by atoms with Gasteiger partial charge in [-0.25, -0.2) is 4.79 Å². The molecule has 1 aliphatic heterocycles. The van der Waals surface area contributed by atoms with Gasteiger partial charge in [-0.15, -0.1) is 0 Å². The highest BCUT2D eigenvalue weighted by Crippen LogP contribution is 2.46. The summed E-state index contributed by atoms with van der Waals surface area (Å²) in [6.45, 7) is 0.363. The van der Waals surface area contributed by atoms with Crippen LogP contribution in [0.1, 0.15) is 22.8 Å². The van der Waals surface area contributed by atoms with E-state index in [9.17, 15) is 20.1 Å². The molecule has 3 N–H and O–H groups in total. The summed E-state index contributed by atoms with van der Waals surface area (Å²) >= 11 is 0. The van der Waals surface area contributed by atoms with E-state index >= 15 is 0 Å². The van der Waals surface area contributed by atoms with E-state index in [2.05, 4.69) is 0 Å². The van der Waals surface area contributed by atoms with Gasteiger partial charge in [0.2, 0.25) is 11.5 Å². The van der Waals surface area contributed by atoms with E-state index in [-0.39, 0.29) is 64.4 Å². The summed E-state index contributed by atoms with van der Waals surface area (Å²) < 4.78 is 38.4. The summed E-state index contributed by atoms with van der Waals surface area (Å²) in [6.07, 6.45) is 2.84. The van der Waals surface area contributed by atoms with E-state index in [0.29, 0.717) is 24.2 Å². The molecule has 0 spiro atoms. The first-order valence-corrected chi connectivity index (χ1v) is 13.4. The number of ether oxygens (including phenoxy) is 7. The Bertz CT molecular complexity index is 1420. The average molecular weight is 597 g/mol. The molecule has 1 fully saturated rings. The van der Waals surface area contributed by atoms with Gasteiger partial charge in [0.1, 0.15) is 0 Å². The second kappa shape index (κ2) is 13.9. The highest BCUT2D eigenvalue weighted by molar-refractivity contribution is 5.87. The first-order valence-electron chi connectivity index (χ1n) is 13.4. The molecule has 0 radical (unpaired) electrons. The largest absolute Gasteiger partial charge is 0.504 e. The van der Waals surface area contributed by atoms with Gasteiger partial charge in [0.25, 0.3) is 0 Å². The van der Waals surface area contributed by atoms with Crippen LogP contribution in [0.5, 0.6) is 46.0 Å². The highest BCUT2D eigenvalue weighted by atomic mass is 16.5. The minimum absolute atomic E-state index is 0.00750. The number of phenolic OH excluding ortho intramolecular Hbond substituents is 3. The molecule has 0 amide bonds. The number of phenols is 3. The van der Waals surface area contributed by atoms with Crippen molar-refractivity contribution < 1.29 is 53.3 Å². The van der Waals surface area contributed by atoms with Crippen molar-refractivity contribution in [1.29, 1.82) is 0 Å². The lowest BCUT2D eigenvalue weighted by molar-refractivity contribution is -0.139. The van der Waals surface area contributed by atoms with Crippen molar-refractivity contribution in [3.8, 4) is 46.0 Å². The Labute approximate surface area is 249 Å². The number of carbonyl (C=O) groups is 1. The fourth-order valence-corrected chi connectivity index (χ4v) is 5.13. The molecule has 0 aliphatic carbocycles. The van der Waals surface area contributed by atoms with Crippen LogP contribution in [0, 0.1) is 11.8 Å². The zero-order valence-electron chi connectivity index (χ0n) is 24.7. The SMILES string of the molecule is COc1cc(/C=C\C(=O)OC[C@H]2[C@@H](Cc3cc(OC)c(O)c(OC)c3)CO[C@@H]2c2cc(OC)c(O)c(OC)c2)ccc1O. The van der Waals surface area contributed by atoms with E-state index < -0.39 is 12.1 Å². The first-order chi connectivity index (χ1) is 20.7. The molecule has 11 heteroatoms. The summed E-state index contributed by atoms with van der Waals surface area (Å²) in [5, 5.41) is 30.6. The molecule has 0 bridgehead atoms. The molecular weight excluding hydrogens is 560 g/mol. The van der Waals surface area contributed by atoms with Crippen LogP contribution in [0.15, 0.2) is 48.5 Å². The molecule has 3 atom stereocenters. The van der Waals surface area contributed by atoms with Crippen LogP contribution in [0.2, 0.25) is 0 Å². The molecule has 43 heavy (non-hydrogen) atoms. The Hall–Kier alpha value is -4.77. The van der Waals surface area contributed by atoms with Gasteiger partial charge in [-0.2, -0.15) is 0 Å². The van der Waals surface area contributed by atoms with Gasteiger partial charge in [-0.05, 0) is 71.5 Å². The molecule has 1 aliphatic rings.